The number of furan rings is 1. The van der Waals surface area contributed by atoms with E-state index < -0.39 is 0 Å². The summed E-state index contributed by atoms with van der Waals surface area (Å²) < 4.78 is 9.39. The van der Waals surface area contributed by atoms with Gasteiger partial charge in [0.15, 0.2) is 17.4 Å². The molecule has 3 aromatic heterocycles. The topological polar surface area (TPSA) is 81.9 Å². The molecule has 1 N–H and O–H groups in total. The summed E-state index contributed by atoms with van der Waals surface area (Å²) in [5, 5.41) is 18.4. The van der Waals surface area contributed by atoms with Crippen molar-refractivity contribution in [2.75, 3.05) is 0 Å². The molecule has 0 radical (unpaired) electrons. The van der Waals surface area contributed by atoms with Crippen LogP contribution in [0.5, 0.6) is 0 Å². The molecule has 7 nitrogen and oxygen atoms in total. The second kappa shape index (κ2) is 6.51. The van der Waals surface area contributed by atoms with Gasteiger partial charge in [-0.05, 0) is 43.5 Å². The van der Waals surface area contributed by atoms with Crippen LogP contribution < -0.4 is 0 Å². The van der Waals surface area contributed by atoms with Gasteiger partial charge in [-0.15, -0.1) is 5.10 Å². The Kier molecular flexibility index (Phi) is 4.16. The second-order valence-electron chi connectivity index (χ2n) is 6.70. The first-order valence-electron chi connectivity index (χ1n) is 8.71. The zero-order valence-corrected chi connectivity index (χ0v) is 15.8. The van der Waals surface area contributed by atoms with Gasteiger partial charge in [-0.25, -0.2) is 9.67 Å². The molecular formula is C20H21N5O2. The fraction of sp³-hybridized carbons (Fsp3) is 0.250. The maximum atomic E-state index is 9.44. The van der Waals surface area contributed by atoms with E-state index in [2.05, 4.69) is 5.10 Å². The number of hydrogen-bond acceptors (Lipinski definition) is 5. The average molecular weight is 363 g/mol. The highest BCUT2D eigenvalue weighted by Gasteiger charge is 2.22. The molecule has 0 aliphatic carbocycles. The number of aryl methyl sites for hydroxylation is 4. The molecule has 7 heteroatoms. The van der Waals surface area contributed by atoms with Crippen LogP contribution in [0.3, 0.4) is 0 Å². The summed E-state index contributed by atoms with van der Waals surface area (Å²) in [4.78, 5) is 4.75. The molecule has 0 saturated carbocycles. The van der Waals surface area contributed by atoms with Gasteiger partial charge in [-0.1, -0.05) is 18.2 Å². The number of para-hydroxylation sites is 1. The highest BCUT2D eigenvalue weighted by molar-refractivity contribution is 5.63. The summed E-state index contributed by atoms with van der Waals surface area (Å²) in [7, 11) is 1.86. The zero-order chi connectivity index (χ0) is 19.1. The fourth-order valence-corrected chi connectivity index (χ4v) is 3.26. The minimum atomic E-state index is -0.159. The molecule has 4 rings (SSSR count). The van der Waals surface area contributed by atoms with Crippen LogP contribution in [-0.2, 0) is 13.7 Å². The van der Waals surface area contributed by atoms with Crippen molar-refractivity contribution >= 4 is 0 Å². The van der Waals surface area contributed by atoms with E-state index in [0.29, 0.717) is 23.2 Å². The third-order valence-corrected chi connectivity index (χ3v) is 4.55. The number of aromatic nitrogens is 5. The molecule has 0 unspecified atom stereocenters. The van der Waals surface area contributed by atoms with E-state index in [1.165, 1.54) is 0 Å². The molecule has 138 valence electrons. The van der Waals surface area contributed by atoms with E-state index >= 15 is 0 Å². The Hall–Kier alpha value is -3.19. The molecule has 0 bridgehead atoms. The molecule has 0 saturated heterocycles. The Balaban J connectivity index is 1.98. The predicted octanol–water partition coefficient (Wildman–Crippen LogP) is 3.35. The summed E-state index contributed by atoms with van der Waals surface area (Å²) in [5.41, 5.74) is 4.87. The van der Waals surface area contributed by atoms with Gasteiger partial charge in [0.05, 0.1) is 17.4 Å². The lowest BCUT2D eigenvalue weighted by Gasteiger charge is -2.11. The van der Waals surface area contributed by atoms with Crippen LogP contribution in [0.25, 0.3) is 28.7 Å². The van der Waals surface area contributed by atoms with Gasteiger partial charge in [0.1, 0.15) is 12.4 Å². The Morgan fingerprint density at radius 2 is 1.85 bits per heavy atom. The van der Waals surface area contributed by atoms with Gasteiger partial charge < -0.3 is 9.52 Å². The molecule has 0 amide bonds. The van der Waals surface area contributed by atoms with E-state index in [-0.39, 0.29) is 6.61 Å². The molecule has 4 aromatic rings. The molecule has 0 aliphatic heterocycles. The molecule has 0 atom stereocenters. The van der Waals surface area contributed by atoms with Crippen molar-refractivity contribution in [1.29, 1.82) is 0 Å². The van der Waals surface area contributed by atoms with Gasteiger partial charge >= 0.3 is 0 Å². The molecule has 3 heterocycles. The van der Waals surface area contributed by atoms with Crippen molar-refractivity contribution in [2.24, 2.45) is 7.05 Å². The van der Waals surface area contributed by atoms with Crippen molar-refractivity contribution in [1.82, 2.24) is 24.5 Å². The number of nitrogens with zero attached hydrogens (tertiary/aromatic N) is 5. The summed E-state index contributed by atoms with van der Waals surface area (Å²) in [5.74, 6) is 2.27. The lowest BCUT2D eigenvalue weighted by molar-refractivity contribution is 0.248. The van der Waals surface area contributed by atoms with Crippen LogP contribution in [0.1, 0.15) is 22.5 Å². The first-order chi connectivity index (χ1) is 13.0. The number of benzene rings is 1. The quantitative estimate of drug-likeness (QED) is 0.601. The van der Waals surface area contributed by atoms with Crippen molar-refractivity contribution in [3.8, 4) is 28.7 Å². The van der Waals surface area contributed by atoms with Crippen LogP contribution in [0.4, 0.5) is 0 Å². The van der Waals surface area contributed by atoms with E-state index in [0.717, 1.165) is 27.9 Å². The second-order valence-corrected chi connectivity index (χ2v) is 6.70. The lowest BCUT2D eigenvalue weighted by Crippen LogP contribution is -2.04. The largest absolute Gasteiger partial charge is 0.455 e. The Labute approximate surface area is 156 Å². The Bertz CT molecular complexity index is 1100. The molecule has 27 heavy (non-hydrogen) atoms. The van der Waals surface area contributed by atoms with Crippen LogP contribution in [0.15, 0.2) is 41.1 Å². The summed E-state index contributed by atoms with van der Waals surface area (Å²) in [6.45, 7) is 5.87. The van der Waals surface area contributed by atoms with Gasteiger partial charge in [0, 0.05) is 13.2 Å². The SMILES string of the molecule is Cc1cc(CO)oc1-c1nc(-c2cnn(C)c2)nn1-c1c(C)cccc1C. The molecular weight excluding hydrogens is 342 g/mol. The molecule has 0 spiro atoms. The normalized spacial score (nSPS) is 11.3. The standard InChI is InChI=1S/C20H21N5O2/c1-12-6-5-7-13(2)17(12)25-20(18-14(3)8-16(11-26)27-18)22-19(23-25)15-9-21-24(4)10-15/h5-10,26H,11H2,1-4H3. The minimum Gasteiger partial charge on any atom is -0.455 e. The third kappa shape index (κ3) is 2.96. The molecule has 1 aromatic carbocycles. The van der Waals surface area contributed by atoms with Gasteiger partial charge in [-0.2, -0.15) is 5.10 Å². The summed E-state index contributed by atoms with van der Waals surface area (Å²) in [6, 6.07) is 7.94. The number of hydrogen-bond donors (Lipinski definition) is 1. The van der Waals surface area contributed by atoms with Gasteiger partial charge in [0.25, 0.3) is 0 Å². The highest BCUT2D eigenvalue weighted by Crippen LogP contribution is 2.31. The van der Waals surface area contributed by atoms with Crippen molar-refractivity contribution < 1.29 is 9.52 Å². The van der Waals surface area contributed by atoms with E-state index in [4.69, 9.17) is 14.5 Å². The third-order valence-electron chi connectivity index (χ3n) is 4.55. The molecule has 0 aliphatic rings. The van der Waals surface area contributed by atoms with Crippen molar-refractivity contribution in [2.45, 2.75) is 27.4 Å². The summed E-state index contributed by atoms with van der Waals surface area (Å²) in [6.07, 6.45) is 3.62. The van der Waals surface area contributed by atoms with Gasteiger partial charge in [0.2, 0.25) is 0 Å². The zero-order valence-electron chi connectivity index (χ0n) is 15.8. The highest BCUT2D eigenvalue weighted by atomic mass is 16.4. The maximum Gasteiger partial charge on any atom is 0.199 e. The summed E-state index contributed by atoms with van der Waals surface area (Å²) >= 11 is 0. The monoisotopic (exact) mass is 363 g/mol. The fourth-order valence-electron chi connectivity index (χ4n) is 3.26. The van der Waals surface area contributed by atoms with E-state index in [1.54, 1.807) is 10.9 Å². The number of aliphatic hydroxyl groups is 1. The van der Waals surface area contributed by atoms with E-state index in [9.17, 15) is 5.11 Å². The van der Waals surface area contributed by atoms with E-state index in [1.807, 2.05) is 63.0 Å². The first-order valence-corrected chi connectivity index (χ1v) is 8.71. The number of rotatable bonds is 4. The van der Waals surface area contributed by atoms with Gasteiger partial charge in [-0.3, -0.25) is 4.68 Å². The Morgan fingerprint density at radius 3 is 2.44 bits per heavy atom. The van der Waals surface area contributed by atoms with Crippen LogP contribution >= 0.6 is 0 Å². The van der Waals surface area contributed by atoms with Crippen LogP contribution in [-0.4, -0.2) is 29.7 Å². The first kappa shape index (κ1) is 17.2. The van der Waals surface area contributed by atoms with Crippen molar-refractivity contribution in [3.05, 3.63) is 59.1 Å². The predicted molar refractivity (Wildman–Crippen MR) is 101 cm³/mol. The number of aliphatic hydroxyl groups excluding tert-OH is 1. The maximum absolute atomic E-state index is 9.44. The molecule has 0 fully saturated rings. The minimum absolute atomic E-state index is 0.159. The van der Waals surface area contributed by atoms with Crippen molar-refractivity contribution in [3.63, 3.8) is 0 Å². The van der Waals surface area contributed by atoms with Crippen LogP contribution in [0.2, 0.25) is 0 Å². The Morgan fingerprint density at radius 1 is 1.11 bits per heavy atom. The average Bonchev–Trinajstić information content (AvgIpc) is 3.33. The van der Waals surface area contributed by atoms with Crippen LogP contribution in [0, 0.1) is 20.8 Å². The smallest absolute Gasteiger partial charge is 0.199 e. The lowest BCUT2D eigenvalue weighted by atomic mass is 10.1.